The Morgan fingerprint density at radius 3 is 2.50 bits per heavy atom. The van der Waals surface area contributed by atoms with Gasteiger partial charge in [0.05, 0.1) is 12.7 Å². The average molecular weight is 248 g/mol. The molecule has 0 fully saturated rings. The first-order chi connectivity index (χ1) is 8.52. The number of esters is 1. The summed E-state index contributed by atoms with van der Waals surface area (Å²) in [4.78, 5) is 11.2. The van der Waals surface area contributed by atoms with Crippen molar-refractivity contribution in [3.63, 3.8) is 0 Å². The van der Waals surface area contributed by atoms with Gasteiger partial charge in [0.15, 0.2) is 0 Å². The lowest BCUT2D eigenvalue weighted by atomic mass is 9.91. The number of aliphatic hydroxyl groups is 1. The van der Waals surface area contributed by atoms with Crippen molar-refractivity contribution in [1.29, 1.82) is 0 Å². The van der Waals surface area contributed by atoms with Crippen LogP contribution in [0, 0.1) is 0 Å². The molecule has 0 saturated heterocycles. The van der Waals surface area contributed by atoms with Gasteiger partial charge in [0, 0.05) is 11.5 Å². The molecule has 0 aliphatic heterocycles. The normalized spacial score (nSPS) is 13.7. The zero-order chi connectivity index (χ0) is 13.5. The molecule has 18 heavy (non-hydrogen) atoms. The molecule has 1 N–H and O–H groups in total. The van der Waals surface area contributed by atoms with E-state index in [4.69, 9.17) is 4.74 Å². The molecule has 0 saturated carbocycles. The number of ether oxygens (including phenoxy) is 1. The molecule has 0 aromatic heterocycles. The third-order valence-electron chi connectivity index (χ3n) is 2.82. The van der Waals surface area contributed by atoms with Crippen molar-refractivity contribution < 1.29 is 14.6 Å². The summed E-state index contributed by atoms with van der Waals surface area (Å²) in [6.45, 7) is 7.18. The Hall–Kier alpha value is -1.61. The summed E-state index contributed by atoms with van der Waals surface area (Å²) in [5, 5.41) is 9.78. The molecule has 3 nitrogen and oxygen atoms in total. The maximum Gasteiger partial charge on any atom is 0.333 e. The van der Waals surface area contributed by atoms with Gasteiger partial charge in [-0.3, -0.25) is 0 Å². The van der Waals surface area contributed by atoms with Gasteiger partial charge < -0.3 is 9.84 Å². The Labute approximate surface area is 108 Å². The number of rotatable bonds is 6. The molecule has 98 valence electrons. The minimum Gasteiger partial charge on any atom is -0.462 e. The number of hydrogen-bond acceptors (Lipinski definition) is 3. The molecule has 0 spiro atoms. The Balaban J connectivity index is 2.55. The van der Waals surface area contributed by atoms with Gasteiger partial charge in [-0.2, -0.15) is 0 Å². The largest absolute Gasteiger partial charge is 0.462 e. The van der Waals surface area contributed by atoms with Gasteiger partial charge >= 0.3 is 5.97 Å². The number of carbonyl (C=O) groups is 1. The summed E-state index contributed by atoms with van der Waals surface area (Å²) in [5.74, 6) is -0.406. The van der Waals surface area contributed by atoms with Crippen molar-refractivity contribution >= 4 is 5.97 Å². The quantitative estimate of drug-likeness (QED) is 0.622. The van der Waals surface area contributed by atoms with Crippen LogP contribution >= 0.6 is 0 Å². The van der Waals surface area contributed by atoms with Crippen LogP contribution in [-0.4, -0.2) is 23.8 Å². The standard InChI is InChI=1S/C15H20O3/c1-11(2)15(17)18-10-9-14(12(3)16)13-7-5-4-6-8-13/h4-8,12,14,16H,1,9-10H2,2-3H3. The number of aliphatic hydroxyl groups excluding tert-OH is 1. The first-order valence-electron chi connectivity index (χ1n) is 6.08. The molecule has 0 radical (unpaired) electrons. The third-order valence-corrected chi connectivity index (χ3v) is 2.82. The number of hydrogen-bond donors (Lipinski definition) is 1. The molecule has 1 aromatic rings. The highest BCUT2D eigenvalue weighted by Crippen LogP contribution is 2.23. The monoisotopic (exact) mass is 248 g/mol. The first-order valence-corrected chi connectivity index (χ1v) is 6.08. The predicted molar refractivity (Wildman–Crippen MR) is 71.3 cm³/mol. The highest BCUT2D eigenvalue weighted by Gasteiger charge is 2.17. The van der Waals surface area contributed by atoms with E-state index in [0.29, 0.717) is 12.0 Å². The van der Waals surface area contributed by atoms with Crippen LogP contribution in [0.25, 0.3) is 0 Å². The van der Waals surface area contributed by atoms with E-state index in [1.807, 2.05) is 30.3 Å². The second-order valence-electron chi connectivity index (χ2n) is 4.46. The number of benzene rings is 1. The van der Waals surface area contributed by atoms with Crippen LogP contribution in [0.5, 0.6) is 0 Å². The minimum absolute atomic E-state index is 0.0240. The summed E-state index contributed by atoms with van der Waals surface area (Å²) >= 11 is 0. The summed E-state index contributed by atoms with van der Waals surface area (Å²) in [5.41, 5.74) is 1.45. The summed E-state index contributed by atoms with van der Waals surface area (Å²) in [7, 11) is 0. The van der Waals surface area contributed by atoms with Crippen LogP contribution in [0.2, 0.25) is 0 Å². The number of carbonyl (C=O) groups excluding carboxylic acids is 1. The molecular formula is C15H20O3. The summed E-state index contributed by atoms with van der Waals surface area (Å²) in [6.07, 6.45) is 0.122. The molecular weight excluding hydrogens is 228 g/mol. The third kappa shape index (κ3) is 4.34. The second-order valence-corrected chi connectivity index (χ2v) is 4.46. The van der Waals surface area contributed by atoms with Gasteiger partial charge in [0.25, 0.3) is 0 Å². The molecule has 2 atom stereocenters. The lowest BCUT2D eigenvalue weighted by Gasteiger charge is -2.20. The van der Waals surface area contributed by atoms with Gasteiger partial charge in [-0.15, -0.1) is 0 Å². The van der Waals surface area contributed by atoms with Crippen molar-refractivity contribution in [1.82, 2.24) is 0 Å². The zero-order valence-electron chi connectivity index (χ0n) is 10.9. The van der Waals surface area contributed by atoms with E-state index in [9.17, 15) is 9.90 Å². The van der Waals surface area contributed by atoms with Gasteiger partial charge in [-0.1, -0.05) is 36.9 Å². The fourth-order valence-corrected chi connectivity index (χ4v) is 1.79. The lowest BCUT2D eigenvalue weighted by Crippen LogP contribution is -2.18. The Bertz CT molecular complexity index is 395. The van der Waals surface area contributed by atoms with Crippen LogP contribution in [-0.2, 0) is 9.53 Å². The molecule has 0 aliphatic rings. The van der Waals surface area contributed by atoms with Crippen molar-refractivity contribution in [3.8, 4) is 0 Å². The molecule has 0 heterocycles. The van der Waals surface area contributed by atoms with E-state index in [1.165, 1.54) is 0 Å². The maximum absolute atomic E-state index is 11.2. The van der Waals surface area contributed by atoms with Crippen LogP contribution in [0.4, 0.5) is 0 Å². The Morgan fingerprint density at radius 1 is 1.39 bits per heavy atom. The van der Waals surface area contributed by atoms with E-state index in [2.05, 4.69) is 6.58 Å². The molecule has 0 bridgehead atoms. The van der Waals surface area contributed by atoms with Crippen molar-refractivity contribution in [2.45, 2.75) is 32.3 Å². The van der Waals surface area contributed by atoms with Crippen LogP contribution < -0.4 is 0 Å². The van der Waals surface area contributed by atoms with Crippen molar-refractivity contribution in [2.24, 2.45) is 0 Å². The van der Waals surface area contributed by atoms with Gasteiger partial charge in [-0.05, 0) is 25.8 Å². The van der Waals surface area contributed by atoms with Crippen LogP contribution in [0.1, 0.15) is 31.7 Å². The fourth-order valence-electron chi connectivity index (χ4n) is 1.79. The molecule has 1 rings (SSSR count). The molecule has 3 heteroatoms. The Kier molecular flexibility index (Phi) is 5.59. The first kappa shape index (κ1) is 14.5. The maximum atomic E-state index is 11.2. The lowest BCUT2D eigenvalue weighted by molar-refractivity contribution is -0.139. The van der Waals surface area contributed by atoms with E-state index >= 15 is 0 Å². The molecule has 2 unspecified atom stereocenters. The van der Waals surface area contributed by atoms with Gasteiger partial charge in [0.1, 0.15) is 0 Å². The topological polar surface area (TPSA) is 46.5 Å². The SMILES string of the molecule is C=C(C)C(=O)OCCC(c1ccccc1)C(C)O. The van der Waals surface area contributed by atoms with E-state index in [-0.39, 0.29) is 18.5 Å². The van der Waals surface area contributed by atoms with E-state index in [1.54, 1.807) is 13.8 Å². The predicted octanol–water partition coefficient (Wildman–Crippen LogP) is 2.66. The average Bonchev–Trinajstić information content (AvgIpc) is 2.34. The van der Waals surface area contributed by atoms with Gasteiger partial charge in [-0.25, -0.2) is 4.79 Å². The minimum atomic E-state index is -0.476. The Morgan fingerprint density at radius 2 is 2.00 bits per heavy atom. The zero-order valence-corrected chi connectivity index (χ0v) is 10.9. The summed E-state index contributed by atoms with van der Waals surface area (Å²) in [6, 6.07) is 9.74. The van der Waals surface area contributed by atoms with Crippen molar-refractivity contribution in [2.75, 3.05) is 6.61 Å². The van der Waals surface area contributed by atoms with Crippen LogP contribution in [0.15, 0.2) is 42.5 Å². The van der Waals surface area contributed by atoms with E-state index < -0.39 is 6.10 Å². The smallest absolute Gasteiger partial charge is 0.333 e. The second kappa shape index (κ2) is 6.97. The van der Waals surface area contributed by atoms with E-state index in [0.717, 1.165) is 5.56 Å². The van der Waals surface area contributed by atoms with Gasteiger partial charge in [0.2, 0.25) is 0 Å². The van der Waals surface area contributed by atoms with Crippen LogP contribution in [0.3, 0.4) is 0 Å². The molecule has 0 aliphatic carbocycles. The highest BCUT2D eigenvalue weighted by molar-refractivity contribution is 5.86. The fraction of sp³-hybridized carbons (Fsp3) is 0.400. The molecule has 1 aromatic carbocycles. The highest BCUT2D eigenvalue weighted by atomic mass is 16.5. The van der Waals surface area contributed by atoms with Crippen molar-refractivity contribution in [3.05, 3.63) is 48.0 Å². The summed E-state index contributed by atoms with van der Waals surface area (Å²) < 4.78 is 5.06. The molecule has 0 amide bonds.